The summed E-state index contributed by atoms with van der Waals surface area (Å²) in [6.45, 7) is 0.702. The zero-order valence-corrected chi connectivity index (χ0v) is 17.5. The first-order valence-electron chi connectivity index (χ1n) is 10.2. The van der Waals surface area contributed by atoms with Crippen molar-refractivity contribution in [2.45, 2.75) is 19.3 Å². The molecule has 156 valence electrons. The second kappa shape index (κ2) is 7.96. The molecule has 3 N–H and O–H groups in total. The number of hydrogen-bond acceptors (Lipinski definition) is 4. The van der Waals surface area contributed by atoms with Gasteiger partial charge >= 0.3 is 0 Å². The van der Waals surface area contributed by atoms with Gasteiger partial charge in [0.15, 0.2) is 0 Å². The number of aromatic nitrogens is 1. The van der Waals surface area contributed by atoms with E-state index in [-0.39, 0.29) is 11.5 Å². The van der Waals surface area contributed by atoms with Gasteiger partial charge in [-0.05, 0) is 54.7 Å². The fraction of sp³-hybridized carbons (Fsp3) is 0.167. The number of nitrogens with zero attached hydrogens (tertiary/aromatic N) is 1. The first-order chi connectivity index (χ1) is 15.1. The van der Waals surface area contributed by atoms with Crippen molar-refractivity contribution < 1.29 is 4.79 Å². The van der Waals surface area contributed by atoms with E-state index in [0.29, 0.717) is 39.5 Å². The van der Waals surface area contributed by atoms with Crippen LogP contribution in [0.5, 0.6) is 0 Å². The number of hydrogen-bond donors (Lipinski definition) is 3. The Morgan fingerprint density at radius 1 is 1.03 bits per heavy atom. The van der Waals surface area contributed by atoms with Crippen molar-refractivity contribution in [1.82, 2.24) is 20.5 Å². The standard InChI is InChI=1S/C24H21ClN4O2/c25-18-7-2-6-16(10-18)20-11-17(14-29(24(20)31)19-8-3-9-26-12-19)21-13-27-22(28-23(21)30)15-4-1-5-15/h2-3,6-8,10-14,26-27H,1,4-5,9H2,(H,28,30). The maximum Gasteiger partial charge on any atom is 0.263 e. The topological polar surface area (TPSA) is 75.2 Å². The molecular formula is C24H21ClN4O2. The van der Waals surface area contributed by atoms with E-state index in [1.54, 1.807) is 47.4 Å². The highest BCUT2D eigenvalue weighted by atomic mass is 35.5. The summed E-state index contributed by atoms with van der Waals surface area (Å²) in [5.41, 5.74) is 4.01. The molecule has 6 nitrogen and oxygen atoms in total. The van der Waals surface area contributed by atoms with Gasteiger partial charge in [0.05, 0.1) is 11.3 Å². The molecule has 1 aromatic carbocycles. The number of amides is 1. The summed E-state index contributed by atoms with van der Waals surface area (Å²) < 4.78 is 1.56. The van der Waals surface area contributed by atoms with E-state index >= 15 is 0 Å². The lowest BCUT2D eigenvalue weighted by Crippen LogP contribution is -2.37. The zero-order chi connectivity index (χ0) is 21.4. The lowest BCUT2D eigenvalue weighted by atomic mass is 9.91. The molecule has 0 unspecified atom stereocenters. The van der Waals surface area contributed by atoms with Crippen LogP contribution >= 0.6 is 11.6 Å². The molecule has 1 amide bonds. The van der Waals surface area contributed by atoms with Crippen LogP contribution in [0.15, 0.2) is 77.3 Å². The Morgan fingerprint density at radius 2 is 1.90 bits per heavy atom. The average molecular weight is 433 g/mol. The van der Waals surface area contributed by atoms with Gasteiger partial charge in [-0.25, -0.2) is 0 Å². The van der Waals surface area contributed by atoms with Crippen LogP contribution < -0.4 is 21.5 Å². The number of carbonyl (C=O) groups is 1. The van der Waals surface area contributed by atoms with Crippen LogP contribution in [0, 0.1) is 0 Å². The van der Waals surface area contributed by atoms with Crippen LogP contribution in [0.1, 0.15) is 24.8 Å². The van der Waals surface area contributed by atoms with E-state index in [2.05, 4.69) is 16.0 Å². The van der Waals surface area contributed by atoms with Gasteiger partial charge in [-0.2, -0.15) is 0 Å². The molecule has 1 aromatic heterocycles. The Morgan fingerprint density at radius 3 is 2.58 bits per heavy atom. The highest BCUT2D eigenvalue weighted by Crippen LogP contribution is 2.30. The third kappa shape index (κ3) is 3.70. The Labute approximate surface area is 184 Å². The normalized spacial score (nSPS) is 17.8. The number of dihydropyridines is 1. The van der Waals surface area contributed by atoms with E-state index < -0.39 is 0 Å². The number of benzene rings is 1. The zero-order valence-electron chi connectivity index (χ0n) is 16.7. The van der Waals surface area contributed by atoms with Crippen LogP contribution in [0.4, 0.5) is 0 Å². The van der Waals surface area contributed by atoms with Crippen molar-refractivity contribution >= 4 is 28.8 Å². The predicted octanol–water partition coefficient (Wildman–Crippen LogP) is 3.58. The van der Waals surface area contributed by atoms with Gasteiger partial charge in [0.25, 0.3) is 11.5 Å². The Kier molecular flexibility index (Phi) is 5.00. The number of carbonyl (C=O) groups excluding carboxylic acids is 1. The van der Waals surface area contributed by atoms with E-state index in [1.807, 2.05) is 18.2 Å². The quantitative estimate of drug-likeness (QED) is 0.693. The van der Waals surface area contributed by atoms with Crippen LogP contribution in [-0.2, 0) is 4.79 Å². The minimum atomic E-state index is -0.193. The minimum Gasteiger partial charge on any atom is -0.386 e. The van der Waals surface area contributed by atoms with Gasteiger partial charge in [-0.15, -0.1) is 0 Å². The molecule has 0 radical (unpaired) electrons. The van der Waals surface area contributed by atoms with Gasteiger partial charge in [0.1, 0.15) is 5.82 Å². The van der Waals surface area contributed by atoms with E-state index in [1.165, 1.54) is 5.57 Å². The smallest absolute Gasteiger partial charge is 0.263 e. The van der Waals surface area contributed by atoms with E-state index in [0.717, 1.165) is 25.1 Å². The number of halogens is 1. The molecule has 0 atom stereocenters. The third-order valence-electron chi connectivity index (χ3n) is 5.67. The fourth-order valence-electron chi connectivity index (χ4n) is 3.83. The molecule has 2 aliphatic heterocycles. The molecule has 1 aliphatic carbocycles. The van der Waals surface area contributed by atoms with Gasteiger partial charge < -0.3 is 16.0 Å². The van der Waals surface area contributed by atoms with Crippen molar-refractivity contribution in [2.24, 2.45) is 0 Å². The summed E-state index contributed by atoms with van der Waals surface area (Å²) in [5, 5.41) is 9.85. The second-order valence-corrected chi connectivity index (χ2v) is 8.13. The number of nitrogens with one attached hydrogen (secondary N) is 3. The Hall–Kier alpha value is -3.51. The minimum absolute atomic E-state index is 0.187. The van der Waals surface area contributed by atoms with Crippen molar-refractivity contribution in [3.8, 4) is 11.1 Å². The Balaban J connectivity index is 1.65. The molecule has 0 spiro atoms. The van der Waals surface area contributed by atoms with Crippen molar-refractivity contribution in [1.29, 1.82) is 0 Å². The first kappa shape index (κ1) is 19.5. The fourth-order valence-corrected chi connectivity index (χ4v) is 4.02. The van der Waals surface area contributed by atoms with E-state index in [4.69, 9.17) is 11.6 Å². The number of rotatable bonds is 3. The molecule has 0 saturated heterocycles. The summed E-state index contributed by atoms with van der Waals surface area (Å²) in [7, 11) is 0. The molecular weight excluding hydrogens is 412 g/mol. The molecule has 7 heteroatoms. The molecule has 5 rings (SSSR count). The van der Waals surface area contributed by atoms with Gasteiger partial charge in [-0.1, -0.05) is 29.8 Å². The van der Waals surface area contributed by atoms with Crippen LogP contribution in [0.3, 0.4) is 0 Å². The summed E-state index contributed by atoms with van der Waals surface area (Å²) in [5.74, 6) is 0.590. The maximum absolute atomic E-state index is 13.4. The summed E-state index contributed by atoms with van der Waals surface area (Å²) in [4.78, 5) is 26.3. The molecule has 0 bridgehead atoms. The van der Waals surface area contributed by atoms with Gasteiger partial charge in [-0.3, -0.25) is 14.2 Å². The maximum atomic E-state index is 13.4. The second-order valence-electron chi connectivity index (χ2n) is 7.70. The molecule has 2 aromatic rings. The lowest BCUT2D eigenvalue weighted by Gasteiger charge is -2.26. The van der Waals surface area contributed by atoms with Gasteiger partial charge in [0, 0.05) is 41.3 Å². The third-order valence-corrected chi connectivity index (χ3v) is 5.91. The molecule has 3 heterocycles. The van der Waals surface area contributed by atoms with Crippen molar-refractivity contribution in [3.05, 3.63) is 93.4 Å². The molecule has 1 saturated carbocycles. The monoisotopic (exact) mass is 432 g/mol. The first-order valence-corrected chi connectivity index (χ1v) is 10.6. The molecule has 3 aliphatic rings. The number of pyridine rings is 1. The number of allylic oxidation sites excluding steroid dienone is 3. The van der Waals surface area contributed by atoms with Crippen molar-refractivity contribution in [3.63, 3.8) is 0 Å². The summed E-state index contributed by atoms with van der Waals surface area (Å²) >= 11 is 6.18. The van der Waals surface area contributed by atoms with Crippen LogP contribution in [-0.4, -0.2) is 17.0 Å². The summed E-state index contributed by atoms with van der Waals surface area (Å²) in [6.07, 6.45) is 12.2. The predicted molar refractivity (Wildman–Crippen MR) is 123 cm³/mol. The molecule has 1 fully saturated rings. The largest absolute Gasteiger partial charge is 0.386 e. The highest BCUT2D eigenvalue weighted by molar-refractivity contribution is 6.30. The van der Waals surface area contributed by atoms with E-state index in [9.17, 15) is 9.59 Å². The lowest BCUT2D eigenvalue weighted by molar-refractivity contribution is -0.115. The average Bonchev–Trinajstić information content (AvgIpc) is 2.74. The highest BCUT2D eigenvalue weighted by Gasteiger charge is 2.24. The summed E-state index contributed by atoms with van der Waals surface area (Å²) in [6, 6.07) is 8.91. The van der Waals surface area contributed by atoms with Crippen LogP contribution in [0.2, 0.25) is 5.02 Å². The molecule has 31 heavy (non-hydrogen) atoms. The Bertz CT molecular complexity index is 1260. The van der Waals surface area contributed by atoms with Gasteiger partial charge in [0.2, 0.25) is 0 Å². The SMILES string of the molecule is O=C1NC(=C2CCC2)NC=C1c1cc(-c2cccc(Cl)c2)c(=O)n(C2=CNCC=C2)c1. The van der Waals surface area contributed by atoms with Crippen molar-refractivity contribution in [2.75, 3.05) is 6.54 Å². The van der Waals surface area contributed by atoms with Crippen LogP contribution in [0.25, 0.3) is 22.4 Å².